The minimum Gasteiger partial charge on any atom is -0.497 e. The van der Waals surface area contributed by atoms with Gasteiger partial charge in [0, 0.05) is 51.4 Å². The topological polar surface area (TPSA) is 141 Å². The molecule has 5 rings (SSSR count). The summed E-state index contributed by atoms with van der Waals surface area (Å²) in [4.78, 5) is 73.5. The van der Waals surface area contributed by atoms with E-state index in [0.29, 0.717) is 29.4 Å². The van der Waals surface area contributed by atoms with Crippen molar-refractivity contribution in [1.82, 2.24) is 20.4 Å². The molecule has 2 atom stereocenters. The smallest absolute Gasteiger partial charge is 0.249 e. The Morgan fingerprint density at radius 1 is 0.618 bits per heavy atom. The molecule has 13 nitrogen and oxygen atoms in total. The maximum Gasteiger partial charge on any atom is 0.249 e. The molecule has 1 heterocycles. The van der Waals surface area contributed by atoms with Gasteiger partial charge in [0.1, 0.15) is 23.6 Å². The Balaban J connectivity index is 1.18. The summed E-state index contributed by atoms with van der Waals surface area (Å²) >= 11 is 0. The van der Waals surface area contributed by atoms with Crippen LogP contribution in [0.25, 0.3) is 0 Å². The Bertz CT molecular complexity index is 1910. The molecular weight excluding hydrogens is 700 g/mol. The Morgan fingerprint density at radius 3 is 1.44 bits per heavy atom. The van der Waals surface area contributed by atoms with Crippen LogP contribution in [0.15, 0.2) is 109 Å². The second kappa shape index (κ2) is 19.2. The first kappa shape index (κ1) is 40.0. The lowest BCUT2D eigenvalue weighted by Gasteiger charge is -2.34. The van der Waals surface area contributed by atoms with Crippen LogP contribution in [-0.2, 0) is 36.8 Å². The number of hydrogen-bond donors (Lipinski definition) is 2. The van der Waals surface area contributed by atoms with E-state index in [0.717, 1.165) is 11.1 Å². The molecule has 5 amide bonds. The van der Waals surface area contributed by atoms with Gasteiger partial charge in [-0.15, -0.1) is 0 Å². The standard InChI is InChI=1S/C42H48N6O7/c1-45(32-15-19-34(54-3)20-16-32)41(52)36(25-30-11-7-5-8-12-30)43-38(49)27-47-23-24-48(40(51)29-47)28-39(50)44-37(26-31-13-9-6-10-14-31)42(53)46(2)33-17-21-35(55-4)22-18-33/h5-22,36-37H,23-29H2,1-4H3,(H,43,49)(H,44,50)/t36-,37-/m0/s1. The van der Waals surface area contributed by atoms with Gasteiger partial charge in [-0.05, 0) is 59.7 Å². The first-order valence-electron chi connectivity index (χ1n) is 18.0. The maximum atomic E-state index is 13.7. The molecule has 0 bridgehead atoms. The van der Waals surface area contributed by atoms with Crippen LogP contribution in [0.2, 0.25) is 0 Å². The Morgan fingerprint density at radius 2 is 1.04 bits per heavy atom. The number of methoxy groups -OCH3 is 2. The van der Waals surface area contributed by atoms with Crippen molar-refractivity contribution in [2.75, 3.05) is 70.8 Å². The van der Waals surface area contributed by atoms with Gasteiger partial charge in [-0.25, -0.2) is 0 Å². The van der Waals surface area contributed by atoms with E-state index in [4.69, 9.17) is 9.47 Å². The molecule has 0 radical (unpaired) electrons. The first-order chi connectivity index (χ1) is 26.5. The molecule has 0 aromatic heterocycles. The lowest BCUT2D eigenvalue weighted by atomic mass is 10.0. The highest BCUT2D eigenvalue weighted by Gasteiger charge is 2.31. The zero-order chi connectivity index (χ0) is 39.3. The number of carbonyl (C=O) groups is 5. The summed E-state index contributed by atoms with van der Waals surface area (Å²) in [6.07, 6.45) is 0.532. The monoisotopic (exact) mass is 748 g/mol. The molecular formula is C42H48N6O7. The number of benzene rings is 4. The van der Waals surface area contributed by atoms with E-state index in [9.17, 15) is 24.0 Å². The van der Waals surface area contributed by atoms with Crippen molar-refractivity contribution in [2.45, 2.75) is 24.9 Å². The Hall–Kier alpha value is -6.21. The first-order valence-corrected chi connectivity index (χ1v) is 18.0. The van der Waals surface area contributed by atoms with Gasteiger partial charge in [0.2, 0.25) is 29.5 Å². The van der Waals surface area contributed by atoms with Gasteiger partial charge in [-0.3, -0.25) is 28.9 Å². The highest BCUT2D eigenvalue weighted by atomic mass is 16.5. The van der Waals surface area contributed by atoms with E-state index in [-0.39, 0.29) is 56.7 Å². The third-order valence-electron chi connectivity index (χ3n) is 9.51. The highest BCUT2D eigenvalue weighted by molar-refractivity contribution is 6.00. The van der Waals surface area contributed by atoms with Crippen LogP contribution in [0.1, 0.15) is 11.1 Å². The van der Waals surface area contributed by atoms with Crippen molar-refractivity contribution in [1.29, 1.82) is 0 Å². The average Bonchev–Trinajstić information content (AvgIpc) is 3.21. The number of carbonyl (C=O) groups excluding carboxylic acids is 5. The minimum atomic E-state index is -0.891. The Kier molecular flexibility index (Phi) is 14.0. The van der Waals surface area contributed by atoms with E-state index in [2.05, 4.69) is 10.6 Å². The van der Waals surface area contributed by atoms with Crippen molar-refractivity contribution in [3.05, 3.63) is 120 Å². The SMILES string of the molecule is COc1ccc(N(C)C(=O)[C@H](Cc2ccccc2)NC(=O)CN2CCN(CC(=O)N[C@@H](Cc3ccccc3)C(=O)N(C)c3ccc(OC)cc3)C(=O)C2)cc1. The van der Waals surface area contributed by atoms with Gasteiger partial charge in [-0.2, -0.15) is 0 Å². The van der Waals surface area contributed by atoms with Gasteiger partial charge in [0.25, 0.3) is 0 Å². The predicted molar refractivity (Wildman–Crippen MR) is 210 cm³/mol. The van der Waals surface area contributed by atoms with Gasteiger partial charge in [0.15, 0.2) is 0 Å². The summed E-state index contributed by atoms with van der Waals surface area (Å²) in [7, 11) is 6.43. The van der Waals surface area contributed by atoms with Gasteiger partial charge in [-0.1, -0.05) is 60.7 Å². The van der Waals surface area contributed by atoms with Gasteiger partial charge in [0.05, 0.1) is 33.9 Å². The molecule has 2 N–H and O–H groups in total. The number of amides is 5. The molecule has 1 fully saturated rings. The molecule has 0 aliphatic carbocycles. The van der Waals surface area contributed by atoms with Crippen LogP contribution in [0.5, 0.6) is 11.5 Å². The molecule has 1 saturated heterocycles. The number of anilines is 2. The minimum absolute atomic E-state index is 0.0870. The summed E-state index contributed by atoms with van der Waals surface area (Å²) in [5.41, 5.74) is 3.02. The van der Waals surface area contributed by atoms with E-state index < -0.39 is 23.9 Å². The fraction of sp³-hybridized carbons (Fsp3) is 0.310. The number of hydrogen-bond acceptors (Lipinski definition) is 8. The third kappa shape index (κ3) is 11.2. The Labute approximate surface area is 321 Å². The van der Waals surface area contributed by atoms with Crippen molar-refractivity contribution >= 4 is 40.9 Å². The summed E-state index contributed by atoms with van der Waals surface area (Å²) in [5, 5.41) is 5.75. The number of piperazine rings is 1. The quantitative estimate of drug-likeness (QED) is 0.178. The summed E-state index contributed by atoms with van der Waals surface area (Å²) < 4.78 is 10.5. The summed E-state index contributed by atoms with van der Waals surface area (Å²) in [5.74, 6) is -0.506. The number of ether oxygens (including phenoxy) is 2. The molecule has 0 saturated carbocycles. The second-order valence-corrected chi connectivity index (χ2v) is 13.3. The molecule has 0 spiro atoms. The molecule has 0 unspecified atom stereocenters. The predicted octanol–water partition coefficient (Wildman–Crippen LogP) is 2.93. The third-order valence-corrected chi connectivity index (χ3v) is 9.51. The van der Waals surface area contributed by atoms with Gasteiger partial charge >= 0.3 is 0 Å². The number of likely N-dealkylation sites (N-methyl/N-ethyl adjacent to an activating group) is 2. The van der Waals surface area contributed by atoms with E-state index in [1.165, 1.54) is 14.7 Å². The molecule has 1 aliphatic rings. The zero-order valence-corrected chi connectivity index (χ0v) is 31.6. The van der Waals surface area contributed by atoms with Gasteiger partial charge < -0.3 is 34.8 Å². The fourth-order valence-electron chi connectivity index (χ4n) is 6.35. The van der Waals surface area contributed by atoms with Crippen LogP contribution in [0.4, 0.5) is 11.4 Å². The lowest BCUT2D eigenvalue weighted by Crippen LogP contribution is -2.57. The fourth-order valence-corrected chi connectivity index (χ4v) is 6.35. The molecule has 1 aliphatic heterocycles. The maximum absolute atomic E-state index is 13.7. The zero-order valence-electron chi connectivity index (χ0n) is 31.6. The largest absolute Gasteiger partial charge is 0.497 e. The van der Waals surface area contributed by atoms with Crippen LogP contribution < -0.4 is 29.9 Å². The average molecular weight is 749 g/mol. The second-order valence-electron chi connectivity index (χ2n) is 13.3. The molecule has 55 heavy (non-hydrogen) atoms. The summed E-state index contributed by atoms with van der Waals surface area (Å²) in [6.45, 7) is 0.102. The number of nitrogens with zero attached hydrogens (tertiary/aromatic N) is 4. The number of rotatable bonds is 16. The molecule has 13 heteroatoms. The van der Waals surface area contributed by atoms with E-state index in [1.54, 1.807) is 81.7 Å². The lowest BCUT2D eigenvalue weighted by molar-refractivity contribution is -0.141. The van der Waals surface area contributed by atoms with Crippen molar-refractivity contribution in [2.24, 2.45) is 0 Å². The molecule has 4 aromatic carbocycles. The normalized spacial score (nSPS) is 14.0. The summed E-state index contributed by atoms with van der Waals surface area (Å²) in [6, 6.07) is 31.1. The van der Waals surface area contributed by atoms with Crippen molar-refractivity contribution < 1.29 is 33.4 Å². The van der Waals surface area contributed by atoms with E-state index in [1.807, 2.05) is 60.7 Å². The van der Waals surface area contributed by atoms with Crippen LogP contribution >= 0.6 is 0 Å². The van der Waals surface area contributed by atoms with Crippen LogP contribution in [0.3, 0.4) is 0 Å². The van der Waals surface area contributed by atoms with E-state index >= 15 is 0 Å². The number of nitrogens with one attached hydrogen (secondary N) is 2. The van der Waals surface area contributed by atoms with Crippen LogP contribution in [0, 0.1) is 0 Å². The molecule has 4 aromatic rings. The highest BCUT2D eigenvalue weighted by Crippen LogP contribution is 2.21. The van der Waals surface area contributed by atoms with Crippen molar-refractivity contribution in [3.63, 3.8) is 0 Å². The van der Waals surface area contributed by atoms with Crippen LogP contribution in [-0.4, -0.2) is 112 Å². The molecule has 288 valence electrons. The van der Waals surface area contributed by atoms with Crippen molar-refractivity contribution in [3.8, 4) is 11.5 Å².